The molecule has 0 bridgehead atoms. The second-order valence-corrected chi connectivity index (χ2v) is 8.75. The molecule has 0 saturated heterocycles. The van der Waals surface area contributed by atoms with Gasteiger partial charge in [0.15, 0.2) is 0 Å². The summed E-state index contributed by atoms with van der Waals surface area (Å²) in [5.41, 5.74) is 1.43. The maximum absolute atomic E-state index is 14.5. The summed E-state index contributed by atoms with van der Waals surface area (Å²) in [7, 11) is 0. The molecule has 6 rings (SSSR count). The summed E-state index contributed by atoms with van der Waals surface area (Å²) in [6.45, 7) is 0. The molecule has 0 aromatic heterocycles. The van der Waals surface area contributed by atoms with Gasteiger partial charge < -0.3 is 4.74 Å². The minimum atomic E-state index is -1.63. The van der Waals surface area contributed by atoms with E-state index in [1.807, 2.05) is 60.7 Å². The molecule has 0 heterocycles. The molecule has 5 aromatic carbocycles. The Labute approximate surface area is 207 Å². The molecule has 0 radical (unpaired) electrons. The van der Waals surface area contributed by atoms with Crippen LogP contribution in [0.1, 0.15) is 16.7 Å². The highest BCUT2D eigenvalue weighted by atomic mass is 19.1. The number of carbonyl (C=O) groups excluding carboxylic acids is 1. The minimum absolute atomic E-state index is 0.329. The molecule has 1 atom stereocenters. The van der Waals surface area contributed by atoms with Crippen LogP contribution in [-0.2, 0) is 10.4 Å². The number of hydrogen-bond acceptors (Lipinski definition) is 2. The highest BCUT2D eigenvalue weighted by Gasteiger charge is 2.47. The van der Waals surface area contributed by atoms with Crippen molar-refractivity contribution in [3.8, 4) is 16.9 Å². The van der Waals surface area contributed by atoms with Crippen LogP contribution >= 0.6 is 0 Å². The van der Waals surface area contributed by atoms with Gasteiger partial charge in [-0.15, -0.1) is 0 Å². The van der Waals surface area contributed by atoms with Crippen molar-refractivity contribution in [1.29, 1.82) is 0 Å². The fourth-order valence-corrected chi connectivity index (χ4v) is 4.99. The first kappa shape index (κ1) is 21.9. The molecule has 0 fully saturated rings. The van der Waals surface area contributed by atoms with E-state index >= 15 is 0 Å². The van der Waals surface area contributed by atoms with E-state index in [-0.39, 0.29) is 11.6 Å². The van der Waals surface area contributed by atoms with Gasteiger partial charge in [0.05, 0.1) is 0 Å². The zero-order valence-corrected chi connectivity index (χ0v) is 19.1. The molecule has 1 aliphatic carbocycles. The van der Waals surface area contributed by atoms with Gasteiger partial charge in [0.1, 0.15) is 17.4 Å². The molecular weight excluding hydrogens is 454 g/mol. The quantitative estimate of drug-likeness (QED) is 0.267. The number of fused-ring (bicyclic) bond motifs is 2. The summed E-state index contributed by atoms with van der Waals surface area (Å²) in [6.07, 6.45) is 3.21. The molecule has 1 aliphatic rings. The summed E-state index contributed by atoms with van der Waals surface area (Å²) in [4.78, 5) is 13.8. The normalized spacial score (nSPS) is 16.7. The minimum Gasteiger partial charge on any atom is -0.469 e. The Balaban J connectivity index is 1.66. The largest absolute Gasteiger partial charge is 0.469 e. The van der Waals surface area contributed by atoms with Gasteiger partial charge in [0, 0.05) is 16.7 Å². The molecule has 0 amide bonds. The maximum atomic E-state index is 14.5. The maximum Gasteiger partial charge on any atom is 0.221 e. The van der Waals surface area contributed by atoms with Gasteiger partial charge in [-0.2, -0.15) is 0 Å². The summed E-state index contributed by atoms with van der Waals surface area (Å²) < 4.78 is 35.6. The third kappa shape index (κ3) is 3.50. The van der Waals surface area contributed by atoms with E-state index in [1.54, 1.807) is 30.3 Å². The lowest BCUT2D eigenvalue weighted by atomic mass is 9.76. The monoisotopic (exact) mass is 474 g/mol. The molecular formula is C32H20F2O2. The first-order valence-electron chi connectivity index (χ1n) is 11.6. The lowest BCUT2D eigenvalue weighted by Crippen LogP contribution is -2.44. The first-order valence-corrected chi connectivity index (χ1v) is 11.6. The van der Waals surface area contributed by atoms with Crippen molar-refractivity contribution < 1.29 is 18.3 Å². The van der Waals surface area contributed by atoms with E-state index in [1.165, 1.54) is 30.3 Å². The average molecular weight is 475 g/mol. The Bertz CT molecular complexity index is 1670. The molecule has 5 aromatic rings. The molecule has 0 spiro atoms. The molecule has 0 aliphatic heterocycles. The Morgan fingerprint density at radius 3 is 2.25 bits per heavy atom. The van der Waals surface area contributed by atoms with Gasteiger partial charge in [-0.1, -0.05) is 84.9 Å². The molecule has 1 unspecified atom stereocenters. The number of carbonyl (C=O) groups is 1. The summed E-state index contributed by atoms with van der Waals surface area (Å²) in [5.74, 6) is -0.792. The van der Waals surface area contributed by atoms with E-state index in [9.17, 15) is 13.6 Å². The van der Waals surface area contributed by atoms with Crippen molar-refractivity contribution in [2.75, 3.05) is 0 Å². The molecule has 174 valence electrons. The van der Waals surface area contributed by atoms with Crippen LogP contribution in [0, 0.1) is 11.6 Å². The third-order valence-corrected chi connectivity index (χ3v) is 6.60. The standard InChI is InChI=1S/C32H20F2O2/c33-25-11-5-9-23(19-25)31-27-13-3-1-7-21(27)15-17-29(31)36-32(24-10-6-12-26(34)20-24)28-14-4-2-8-22(28)16-18-30(32)35/h1-20H. The van der Waals surface area contributed by atoms with Crippen molar-refractivity contribution in [2.24, 2.45) is 0 Å². The second-order valence-electron chi connectivity index (χ2n) is 8.75. The Hall–Kier alpha value is -4.57. The van der Waals surface area contributed by atoms with Crippen molar-refractivity contribution in [1.82, 2.24) is 0 Å². The van der Waals surface area contributed by atoms with Crippen LogP contribution in [0.5, 0.6) is 5.75 Å². The zero-order chi connectivity index (χ0) is 24.7. The summed E-state index contributed by atoms with van der Waals surface area (Å²) in [5, 5.41) is 1.79. The fourth-order valence-electron chi connectivity index (χ4n) is 4.99. The SMILES string of the molecule is O=C1C=Cc2ccccc2C1(Oc1ccc2ccccc2c1-c1cccc(F)c1)c1cccc(F)c1. The van der Waals surface area contributed by atoms with Gasteiger partial charge in [0.2, 0.25) is 11.4 Å². The van der Waals surface area contributed by atoms with Crippen LogP contribution in [0.15, 0.2) is 115 Å². The van der Waals surface area contributed by atoms with Crippen molar-refractivity contribution in [3.63, 3.8) is 0 Å². The topological polar surface area (TPSA) is 26.3 Å². The smallest absolute Gasteiger partial charge is 0.221 e. The number of ketones is 1. The predicted molar refractivity (Wildman–Crippen MR) is 138 cm³/mol. The van der Waals surface area contributed by atoms with Crippen LogP contribution in [0.4, 0.5) is 8.78 Å². The number of ether oxygens (including phenoxy) is 1. The third-order valence-electron chi connectivity index (χ3n) is 6.60. The molecule has 0 saturated carbocycles. The van der Waals surface area contributed by atoms with Crippen molar-refractivity contribution >= 4 is 22.6 Å². The second kappa shape index (κ2) is 8.58. The highest BCUT2D eigenvalue weighted by Crippen LogP contribution is 2.45. The first-order chi connectivity index (χ1) is 17.6. The van der Waals surface area contributed by atoms with Crippen molar-refractivity contribution in [3.05, 3.63) is 144 Å². The van der Waals surface area contributed by atoms with Crippen LogP contribution in [-0.4, -0.2) is 5.78 Å². The molecule has 0 N–H and O–H groups in total. The average Bonchev–Trinajstić information content (AvgIpc) is 2.90. The van der Waals surface area contributed by atoms with E-state index in [0.717, 1.165) is 16.3 Å². The lowest BCUT2D eigenvalue weighted by Gasteiger charge is -2.37. The van der Waals surface area contributed by atoms with E-state index in [0.29, 0.717) is 28.0 Å². The van der Waals surface area contributed by atoms with Gasteiger partial charge in [0.25, 0.3) is 0 Å². The number of hydrogen-bond donors (Lipinski definition) is 0. The zero-order valence-electron chi connectivity index (χ0n) is 19.1. The summed E-state index contributed by atoms with van der Waals surface area (Å²) >= 11 is 0. The van der Waals surface area contributed by atoms with E-state index < -0.39 is 11.4 Å². The van der Waals surface area contributed by atoms with Gasteiger partial charge in [-0.3, -0.25) is 4.79 Å². The molecule has 36 heavy (non-hydrogen) atoms. The van der Waals surface area contributed by atoms with Crippen LogP contribution in [0.2, 0.25) is 0 Å². The highest BCUT2D eigenvalue weighted by molar-refractivity contribution is 6.07. The van der Waals surface area contributed by atoms with Gasteiger partial charge in [-0.05, 0) is 58.3 Å². The number of benzene rings is 5. The van der Waals surface area contributed by atoms with Crippen molar-refractivity contribution in [2.45, 2.75) is 5.60 Å². The summed E-state index contributed by atoms with van der Waals surface area (Å²) in [6, 6.07) is 31.1. The molecule has 2 nitrogen and oxygen atoms in total. The number of rotatable bonds is 4. The lowest BCUT2D eigenvalue weighted by molar-refractivity contribution is -0.127. The Morgan fingerprint density at radius 2 is 1.42 bits per heavy atom. The van der Waals surface area contributed by atoms with E-state index in [2.05, 4.69) is 0 Å². The van der Waals surface area contributed by atoms with E-state index in [4.69, 9.17) is 4.74 Å². The van der Waals surface area contributed by atoms with Gasteiger partial charge in [-0.25, -0.2) is 8.78 Å². The fraction of sp³-hybridized carbons (Fsp3) is 0.0312. The van der Waals surface area contributed by atoms with Crippen LogP contribution in [0.3, 0.4) is 0 Å². The van der Waals surface area contributed by atoms with Crippen LogP contribution in [0.25, 0.3) is 28.0 Å². The van der Waals surface area contributed by atoms with Crippen LogP contribution < -0.4 is 4.74 Å². The Morgan fingerprint density at radius 1 is 0.667 bits per heavy atom. The van der Waals surface area contributed by atoms with Gasteiger partial charge >= 0.3 is 0 Å². The predicted octanol–water partition coefficient (Wildman–Crippen LogP) is 7.70. The number of halogens is 2. The Kier molecular flexibility index (Phi) is 5.23. The molecule has 4 heteroatoms.